The second-order valence-corrected chi connectivity index (χ2v) is 7.45. The highest BCUT2D eigenvalue weighted by Crippen LogP contribution is 2.13. The SMILES string of the molecule is CCCCCCCCCCCCCCCCOCC(COC)OCC(=O)O. The molecule has 0 radical (unpaired) electrons. The third-order valence-corrected chi connectivity index (χ3v) is 4.74. The van der Waals surface area contributed by atoms with Crippen LogP contribution in [0.3, 0.4) is 0 Å². The van der Waals surface area contributed by atoms with Crippen LogP contribution in [0.15, 0.2) is 0 Å². The van der Waals surface area contributed by atoms with E-state index in [0.29, 0.717) is 19.8 Å². The molecular weight excluding hydrogens is 344 g/mol. The van der Waals surface area contributed by atoms with E-state index >= 15 is 0 Å². The topological polar surface area (TPSA) is 65.0 Å². The van der Waals surface area contributed by atoms with Gasteiger partial charge in [-0.05, 0) is 6.42 Å². The lowest BCUT2D eigenvalue weighted by Crippen LogP contribution is -2.27. The molecule has 0 fully saturated rings. The van der Waals surface area contributed by atoms with E-state index in [1.807, 2.05) is 0 Å². The summed E-state index contributed by atoms with van der Waals surface area (Å²) in [5.74, 6) is -0.969. The fraction of sp³-hybridized carbons (Fsp3) is 0.955. The lowest BCUT2D eigenvalue weighted by Gasteiger charge is -2.16. The maximum absolute atomic E-state index is 10.5. The first kappa shape index (κ1) is 26.4. The summed E-state index contributed by atoms with van der Waals surface area (Å²) in [4.78, 5) is 10.5. The van der Waals surface area contributed by atoms with Crippen LogP contribution in [-0.2, 0) is 19.0 Å². The molecule has 0 aromatic rings. The Hall–Kier alpha value is -0.650. The molecule has 0 aliphatic carbocycles. The first-order valence-corrected chi connectivity index (χ1v) is 11.1. The quantitative estimate of drug-likeness (QED) is 0.245. The molecular formula is C22H44O5. The lowest BCUT2D eigenvalue weighted by molar-refractivity contribution is -0.147. The molecule has 0 aliphatic heterocycles. The van der Waals surface area contributed by atoms with Crippen molar-refractivity contribution in [1.29, 1.82) is 0 Å². The van der Waals surface area contributed by atoms with Gasteiger partial charge >= 0.3 is 5.97 Å². The molecule has 5 nitrogen and oxygen atoms in total. The van der Waals surface area contributed by atoms with Gasteiger partial charge in [0, 0.05) is 13.7 Å². The zero-order chi connectivity index (χ0) is 20.0. The summed E-state index contributed by atoms with van der Waals surface area (Å²) in [6.45, 7) is 3.40. The number of unbranched alkanes of at least 4 members (excludes halogenated alkanes) is 13. The Morgan fingerprint density at radius 2 is 1.26 bits per heavy atom. The van der Waals surface area contributed by atoms with Gasteiger partial charge in [-0.3, -0.25) is 0 Å². The van der Waals surface area contributed by atoms with E-state index in [2.05, 4.69) is 6.92 Å². The van der Waals surface area contributed by atoms with Crippen molar-refractivity contribution in [2.24, 2.45) is 0 Å². The highest BCUT2D eigenvalue weighted by atomic mass is 16.6. The Morgan fingerprint density at radius 3 is 1.70 bits per heavy atom. The van der Waals surface area contributed by atoms with Crippen molar-refractivity contribution < 1.29 is 24.1 Å². The molecule has 1 atom stereocenters. The van der Waals surface area contributed by atoms with E-state index in [4.69, 9.17) is 19.3 Å². The number of carbonyl (C=O) groups is 1. The molecule has 0 spiro atoms. The fourth-order valence-corrected chi connectivity index (χ4v) is 3.13. The van der Waals surface area contributed by atoms with Crippen LogP contribution in [0.4, 0.5) is 0 Å². The fourth-order valence-electron chi connectivity index (χ4n) is 3.13. The van der Waals surface area contributed by atoms with Crippen LogP contribution in [0.25, 0.3) is 0 Å². The first-order chi connectivity index (χ1) is 13.2. The van der Waals surface area contributed by atoms with Gasteiger partial charge in [0.15, 0.2) is 0 Å². The number of carboxylic acid groups (broad SMARTS) is 1. The molecule has 5 heteroatoms. The molecule has 27 heavy (non-hydrogen) atoms. The molecule has 0 amide bonds. The van der Waals surface area contributed by atoms with Crippen molar-refractivity contribution in [1.82, 2.24) is 0 Å². The summed E-state index contributed by atoms with van der Waals surface area (Å²) in [6, 6.07) is 0. The number of methoxy groups -OCH3 is 1. The smallest absolute Gasteiger partial charge is 0.329 e. The highest BCUT2D eigenvalue weighted by Gasteiger charge is 2.11. The third kappa shape index (κ3) is 21.5. The second-order valence-electron chi connectivity index (χ2n) is 7.45. The van der Waals surface area contributed by atoms with Crippen LogP contribution in [0, 0.1) is 0 Å². The molecule has 1 unspecified atom stereocenters. The molecule has 0 saturated carbocycles. The molecule has 0 saturated heterocycles. The van der Waals surface area contributed by atoms with Gasteiger partial charge in [0.05, 0.1) is 13.2 Å². The molecule has 0 aromatic heterocycles. The van der Waals surface area contributed by atoms with Crippen LogP contribution >= 0.6 is 0 Å². The Bertz CT molecular complexity index is 309. The average molecular weight is 389 g/mol. The van der Waals surface area contributed by atoms with E-state index in [1.54, 1.807) is 7.11 Å². The summed E-state index contributed by atoms with van der Waals surface area (Å²) >= 11 is 0. The minimum Gasteiger partial charge on any atom is -0.480 e. The highest BCUT2D eigenvalue weighted by molar-refractivity contribution is 5.68. The van der Waals surface area contributed by atoms with Gasteiger partial charge in [0.25, 0.3) is 0 Å². The van der Waals surface area contributed by atoms with E-state index < -0.39 is 5.97 Å². The predicted octanol–water partition coefficient (Wildman–Crippen LogP) is 5.60. The van der Waals surface area contributed by atoms with Crippen molar-refractivity contribution in [3.05, 3.63) is 0 Å². The minimum atomic E-state index is -0.969. The number of hydrogen-bond donors (Lipinski definition) is 1. The van der Waals surface area contributed by atoms with E-state index in [-0.39, 0.29) is 12.7 Å². The molecule has 0 rings (SSSR count). The van der Waals surface area contributed by atoms with Crippen LogP contribution < -0.4 is 0 Å². The number of carboxylic acids is 1. The largest absolute Gasteiger partial charge is 0.480 e. The number of hydrogen-bond acceptors (Lipinski definition) is 4. The number of rotatable bonds is 22. The van der Waals surface area contributed by atoms with Crippen molar-refractivity contribution in [2.75, 3.05) is 33.5 Å². The van der Waals surface area contributed by atoms with Crippen LogP contribution in [-0.4, -0.2) is 50.7 Å². The second kappa shape index (κ2) is 21.6. The Balaban J connectivity index is 3.26. The minimum absolute atomic E-state index is 0.308. The van der Waals surface area contributed by atoms with Crippen LogP contribution in [0.2, 0.25) is 0 Å². The maximum Gasteiger partial charge on any atom is 0.329 e. The summed E-state index contributed by atoms with van der Waals surface area (Å²) in [5, 5.41) is 8.64. The van der Waals surface area contributed by atoms with Crippen LogP contribution in [0.1, 0.15) is 96.8 Å². The zero-order valence-corrected chi connectivity index (χ0v) is 17.9. The lowest BCUT2D eigenvalue weighted by atomic mass is 10.0. The Morgan fingerprint density at radius 1 is 0.778 bits per heavy atom. The van der Waals surface area contributed by atoms with Crippen LogP contribution in [0.5, 0.6) is 0 Å². The van der Waals surface area contributed by atoms with Crippen molar-refractivity contribution in [2.45, 2.75) is 103 Å². The molecule has 0 aliphatic rings. The van der Waals surface area contributed by atoms with Crippen molar-refractivity contribution >= 4 is 5.97 Å². The molecule has 1 N–H and O–H groups in total. The van der Waals surface area contributed by atoms with Crippen molar-refractivity contribution in [3.63, 3.8) is 0 Å². The van der Waals surface area contributed by atoms with Gasteiger partial charge < -0.3 is 19.3 Å². The Kier molecular flexibility index (Phi) is 21.1. The number of aliphatic carboxylic acids is 1. The van der Waals surface area contributed by atoms with Gasteiger partial charge in [0.2, 0.25) is 0 Å². The molecule has 0 aromatic carbocycles. The van der Waals surface area contributed by atoms with Gasteiger partial charge in [0.1, 0.15) is 12.7 Å². The molecule has 0 bridgehead atoms. The van der Waals surface area contributed by atoms with E-state index in [9.17, 15) is 4.79 Å². The number of ether oxygens (including phenoxy) is 3. The molecule has 162 valence electrons. The predicted molar refractivity (Wildman–Crippen MR) is 110 cm³/mol. The summed E-state index contributed by atoms with van der Waals surface area (Å²) in [7, 11) is 1.57. The van der Waals surface area contributed by atoms with Gasteiger partial charge in [-0.25, -0.2) is 4.79 Å². The average Bonchev–Trinajstić information content (AvgIpc) is 2.65. The maximum atomic E-state index is 10.5. The zero-order valence-electron chi connectivity index (χ0n) is 17.9. The summed E-state index contributed by atoms with van der Waals surface area (Å²) in [6.07, 6.45) is 18.5. The first-order valence-electron chi connectivity index (χ1n) is 11.1. The normalized spacial score (nSPS) is 12.4. The van der Waals surface area contributed by atoms with E-state index in [1.165, 1.54) is 83.5 Å². The standard InChI is InChI=1S/C22H44O5/c1-3-4-5-6-7-8-9-10-11-12-13-14-15-16-17-26-19-21(18-25-2)27-20-22(23)24/h21H,3-20H2,1-2H3,(H,23,24). The summed E-state index contributed by atoms with van der Waals surface area (Å²) < 4.78 is 15.8. The van der Waals surface area contributed by atoms with Gasteiger partial charge in [-0.2, -0.15) is 0 Å². The monoisotopic (exact) mass is 388 g/mol. The van der Waals surface area contributed by atoms with Crippen molar-refractivity contribution in [3.8, 4) is 0 Å². The Labute approximate surface area is 167 Å². The molecule has 0 heterocycles. The third-order valence-electron chi connectivity index (χ3n) is 4.74. The van der Waals surface area contributed by atoms with Gasteiger partial charge in [-0.1, -0.05) is 90.4 Å². The summed E-state index contributed by atoms with van der Waals surface area (Å²) in [5.41, 5.74) is 0. The van der Waals surface area contributed by atoms with Gasteiger partial charge in [-0.15, -0.1) is 0 Å². The van der Waals surface area contributed by atoms with E-state index in [0.717, 1.165) is 6.42 Å².